The SMILES string of the molecule is CNC(c1cnc(C)s1)C(C)c1ccccn1. The van der Waals surface area contributed by atoms with Crippen molar-refractivity contribution in [1.29, 1.82) is 0 Å². The minimum atomic E-state index is 0.274. The first-order chi connectivity index (χ1) is 8.22. The van der Waals surface area contributed by atoms with Crippen LogP contribution in [0.2, 0.25) is 0 Å². The van der Waals surface area contributed by atoms with Gasteiger partial charge < -0.3 is 5.32 Å². The van der Waals surface area contributed by atoms with Gasteiger partial charge in [-0.3, -0.25) is 4.98 Å². The predicted octanol–water partition coefficient (Wildman–Crippen LogP) is 2.91. The molecule has 0 aromatic carbocycles. The van der Waals surface area contributed by atoms with Crippen molar-refractivity contribution < 1.29 is 0 Å². The normalized spacial score (nSPS) is 14.5. The van der Waals surface area contributed by atoms with Crippen LogP contribution in [0, 0.1) is 6.92 Å². The van der Waals surface area contributed by atoms with Crippen LogP contribution in [0.25, 0.3) is 0 Å². The highest BCUT2D eigenvalue weighted by atomic mass is 32.1. The van der Waals surface area contributed by atoms with Crippen LogP contribution in [0.1, 0.15) is 34.5 Å². The van der Waals surface area contributed by atoms with Gasteiger partial charge in [0.15, 0.2) is 0 Å². The first-order valence-corrected chi connectivity index (χ1v) is 6.54. The van der Waals surface area contributed by atoms with Crippen LogP contribution < -0.4 is 5.32 Å². The molecule has 4 heteroatoms. The molecule has 0 bridgehead atoms. The van der Waals surface area contributed by atoms with E-state index in [-0.39, 0.29) is 6.04 Å². The van der Waals surface area contributed by atoms with E-state index >= 15 is 0 Å². The van der Waals surface area contributed by atoms with Crippen LogP contribution >= 0.6 is 11.3 Å². The third-order valence-electron chi connectivity index (χ3n) is 2.91. The van der Waals surface area contributed by atoms with Gasteiger partial charge in [-0.1, -0.05) is 13.0 Å². The molecule has 2 aromatic rings. The molecule has 2 atom stereocenters. The lowest BCUT2D eigenvalue weighted by Crippen LogP contribution is -2.21. The van der Waals surface area contributed by atoms with Crippen LogP contribution in [-0.4, -0.2) is 17.0 Å². The van der Waals surface area contributed by atoms with Crippen LogP contribution in [0.5, 0.6) is 0 Å². The van der Waals surface area contributed by atoms with Crippen molar-refractivity contribution in [3.05, 3.63) is 46.2 Å². The van der Waals surface area contributed by atoms with Crippen molar-refractivity contribution in [2.75, 3.05) is 7.05 Å². The van der Waals surface area contributed by atoms with E-state index in [0.29, 0.717) is 5.92 Å². The first-order valence-electron chi connectivity index (χ1n) is 5.73. The molecule has 0 fully saturated rings. The second-order valence-electron chi connectivity index (χ2n) is 4.09. The standard InChI is InChI=1S/C13H17N3S/c1-9(11-6-4-5-7-15-11)13(14-3)12-8-16-10(2)17-12/h4-9,13-14H,1-3H3. The molecule has 0 aliphatic carbocycles. The van der Waals surface area contributed by atoms with Gasteiger partial charge in [0.25, 0.3) is 0 Å². The first kappa shape index (κ1) is 12.2. The van der Waals surface area contributed by atoms with Gasteiger partial charge in [0.05, 0.1) is 11.0 Å². The van der Waals surface area contributed by atoms with Gasteiger partial charge in [0, 0.05) is 28.9 Å². The van der Waals surface area contributed by atoms with E-state index in [4.69, 9.17) is 0 Å². The summed E-state index contributed by atoms with van der Waals surface area (Å²) in [6.45, 7) is 4.23. The van der Waals surface area contributed by atoms with Crippen LogP contribution in [0.15, 0.2) is 30.6 Å². The smallest absolute Gasteiger partial charge is 0.0897 e. The fourth-order valence-electron chi connectivity index (χ4n) is 1.98. The molecular weight excluding hydrogens is 230 g/mol. The number of hydrogen-bond donors (Lipinski definition) is 1. The van der Waals surface area contributed by atoms with E-state index in [9.17, 15) is 0 Å². The monoisotopic (exact) mass is 247 g/mol. The van der Waals surface area contributed by atoms with Crippen molar-refractivity contribution in [2.24, 2.45) is 0 Å². The third kappa shape index (κ3) is 2.70. The zero-order valence-electron chi connectivity index (χ0n) is 10.3. The maximum atomic E-state index is 4.42. The molecule has 2 unspecified atom stereocenters. The quantitative estimate of drug-likeness (QED) is 0.902. The molecule has 0 radical (unpaired) electrons. The molecule has 0 spiro atoms. The Morgan fingerprint density at radius 3 is 2.65 bits per heavy atom. The number of likely N-dealkylation sites (N-methyl/N-ethyl adjacent to an activating group) is 1. The minimum Gasteiger partial charge on any atom is -0.312 e. The lowest BCUT2D eigenvalue weighted by molar-refractivity contribution is 0.506. The van der Waals surface area contributed by atoms with Gasteiger partial charge >= 0.3 is 0 Å². The summed E-state index contributed by atoms with van der Waals surface area (Å²) in [6.07, 6.45) is 3.80. The number of aromatic nitrogens is 2. The zero-order valence-corrected chi connectivity index (χ0v) is 11.2. The van der Waals surface area contributed by atoms with Crippen molar-refractivity contribution in [1.82, 2.24) is 15.3 Å². The minimum absolute atomic E-state index is 0.274. The molecule has 0 amide bonds. The summed E-state index contributed by atoms with van der Waals surface area (Å²) >= 11 is 1.74. The van der Waals surface area contributed by atoms with Crippen molar-refractivity contribution in [3.63, 3.8) is 0 Å². The van der Waals surface area contributed by atoms with Gasteiger partial charge in [-0.2, -0.15) is 0 Å². The van der Waals surface area contributed by atoms with E-state index in [1.54, 1.807) is 11.3 Å². The van der Waals surface area contributed by atoms with Gasteiger partial charge in [-0.25, -0.2) is 4.98 Å². The molecule has 2 aromatic heterocycles. The molecule has 2 rings (SSSR count). The molecular formula is C13H17N3S. The molecule has 0 aliphatic rings. The second-order valence-corrected chi connectivity index (χ2v) is 5.36. The summed E-state index contributed by atoms with van der Waals surface area (Å²) in [7, 11) is 1.99. The fourth-order valence-corrected chi connectivity index (χ4v) is 2.98. The molecule has 17 heavy (non-hydrogen) atoms. The number of nitrogens with one attached hydrogen (secondary N) is 1. The average Bonchev–Trinajstić information content (AvgIpc) is 2.78. The van der Waals surface area contributed by atoms with E-state index in [0.717, 1.165) is 10.7 Å². The summed E-state index contributed by atoms with van der Waals surface area (Å²) in [5.41, 5.74) is 1.11. The van der Waals surface area contributed by atoms with Crippen molar-refractivity contribution in [3.8, 4) is 0 Å². The summed E-state index contributed by atoms with van der Waals surface area (Å²) in [6, 6.07) is 6.32. The number of nitrogens with zero attached hydrogens (tertiary/aromatic N) is 2. The largest absolute Gasteiger partial charge is 0.312 e. The van der Waals surface area contributed by atoms with Crippen molar-refractivity contribution >= 4 is 11.3 Å². The summed E-state index contributed by atoms with van der Waals surface area (Å²) in [4.78, 5) is 10.0. The number of hydrogen-bond acceptors (Lipinski definition) is 4. The predicted molar refractivity (Wildman–Crippen MR) is 71.3 cm³/mol. The fraction of sp³-hybridized carbons (Fsp3) is 0.385. The molecule has 3 nitrogen and oxygen atoms in total. The lowest BCUT2D eigenvalue weighted by Gasteiger charge is -2.21. The second kappa shape index (κ2) is 5.38. The molecule has 0 saturated heterocycles. The number of pyridine rings is 1. The maximum Gasteiger partial charge on any atom is 0.0897 e. The number of aryl methyl sites for hydroxylation is 1. The molecule has 0 saturated carbocycles. The molecule has 2 heterocycles. The highest BCUT2D eigenvalue weighted by Gasteiger charge is 2.21. The zero-order chi connectivity index (χ0) is 12.3. The Labute approximate surface area is 106 Å². The third-order valence-corrected chi connectivity index (χ3v) is 3.91. The number of rotatable bonds is 4. The van der Waals surface area contributed by atoms with Gasteiger partial charge in [-0.15, -0.1) is 11.3 Å². The van der Waals surface area contributed by atoms with Gasteiger partial charge in [0.1, 0.15) is 0 Å². The topological polar surface area (TPSA) is 37.8 Å². The van der Waals surface area contributed by atoms with E-state index in [1.807, 2.05) is 38.5 Å². The highest BCUT2D eigenvalue weighted by molar-refractivity contribution is 7.11. The lowest BCUT2D eigenvalue weighted by atomic mass is 9.97. The van der Waals surface area contributed by atoms with Crippen LogP contribution in [0.3, 0.4) is 0 Å². The van der Waals surface area contributed by atoms with Crippen molar-refractivity contribution in [2.45, 2.75) is 25.8 Å². The Morgan fingerprint density at radius 2 is 2.12 bits per heavy atom. The van der Waals surface area contributed by atoms with E-state index in [2.05, 4.69) is 28.3 Å². The highest BCUT2D eigenvalue weighted by Crippen LogP contribution is 2.31. The summed E-state index contributed by atoms with van der Waals surface area (Å²) in [5.74, 6) is 0.334. The Hall–Kier alpha value is -1.26. The molecule has 1 N–H and O–H groups in total. The Bertz CT molecular complexity index is 467. The van der Waals surface area contributed by atoms with Crippen LogP contribution in [0.4, 0.5) is 0 Å². The average molecular weight is 247 g/mol. The summed E-state index contributed by atoms with van der Waals surface area (Å²) < 4.78 is 0. The van der Waals surface area contributed by atoms with E-state index in [1.165, 1.54) is 4.88 Å². The molecule has 90 valence electrons. The van der Waals surface area contributed by atoms with Gasteiger partial charge in [-0.05, 0) is 26.1 Å². The van der Waals surface area contributed by atoms with Crippen LogP contribution in [-0.2, 0) is 0 Å². The Kier molecular flexibility index (Phi) is 3.86. The maximum absolute atomic E-state index is 4.42. The Morgan fingerprint density at radius 1 is 1.29 bits per heavy atom. The summed E-state index contributed by atoms with van der Waals surface area (Å²) in [5, 5.41) is 4.47. The molecule has 0 aliphatic heterocycles. The Balaban J connectivity index is 2.25. The van der Waals surface area contributed by atoms with Gasteiger partial charge in [0.2, 0.25) is 0 Å². The number of thiazole rings is 1. The van der Waals surface area contributed by atoms with E-state index < -0.39 is 0 Å².